The molecule has 66 valence electrons. The molecule has 1 atom stereocenters. The van der Waals surface area contributed by atoms with E-state index >= 15 is 0 Å². The Kier molecular flexibility index (Phi) is 2.27. The highest BCUT2D eigenvalue weighted by molar-refractivity contribution is 5.10. The van der Waals surface area contributed by atoms with Crippen LogP contribution in [-0.4, -0.2) is 23.0 Å². The van der Waals surface area contributed by atoms with E-state index in [9.17, 15) is 0 Å². The van der Waals surface area contributed by atoms with Crippen molar-refractivity contribution in [2.45, 2.75) is 25.5 Å². The predicted molar refractivity (Wildman–Crippen MR) is 44.9 cm³/mol. The van der Waals surface area contributed by atoms with Crippen molar-refractivity contribution in [2.24, 2.45) is 0 Å². The molecule has 4 nitrogen and oxygen atoms in total. The van der Waals surface area contributed by atoms with Gasteiger partial charge in [0.2, 0.25) is 0 Å². The van der Waals surface area contributed by atoms with Gasteiger partial charge < -0.3 is 4.74 Å². The van der Waals surface area contributed by atoms with Crippen LogP contribution in [0.25, 0.3) is 0 Å². The van der Waals surface area contributed by atoms with Gasteiger partial charge in [0, 0.05) is 0 Å². The highest BCUT2D eigenvalue weighted by Crippen LogP contribution is 2.13. The van der Waals surface area contributed by atoms with Crippen LogP contribution in [0.5, 0.6) is 5.75 Å². The minimum atomic E-state index is 0.177. The lowest BCUT2D eigenvalue weighted by Gasteiger charge is -2.23. The van der Waals surface area contributed by atoms with Crippen molar-refractivity contribution in [3.63, 3.8) is 0 Å². The molecule has 0 amide bonds. The van der Waals surface area contributed by atoms with Crippen molar-refractivity contribution in [3.05, 3.63) is 12.4 Å². The van der Waals surface area contributed by atoms with E-state index in [1.54, 1.807) is 12.4 Å². The summed E-state index contributed by atoms with van der Waals surface area (Å²) in [5, 5.41) is 9.82. The smallest absolute Gasteiger partial charge is 0.159 e. The van der Waals surface area contributed by atoms with Gasteiger partial charge in [0.1, 0.15) is 6.23 Å². The summed E-state index contributed by atoms with van der Waals surface area (Å²) in [4.78, 5) is 0. The second kappa shape index (κ2) is 3.58. The van der Waals surface area contributed by atoms with Crippen LogP contribution in [0.1, 0.15) is 19.3 Å². The van der Waals surface area contributed by atoms with Gasteiger partial charge in [-0.2, -0.15) is 5.10 Å². The maximum atomic E-state index is 5.59. The van der Waals surface area contributed by atoms with Crippen LogP contribution >= 0.6 is 0 Å². The molecule has 0 saturated carbocycles. The Morgan fingerprint density at radius 1 is 1.50 bits per heavy atom. The standard InChI is InChI=1S/C8H13N3O/c1-2-4-9-8(3-1)12-7-5-10-11-6-7/h5-6,8-9H,1-4H2,(H,10,11). The number of aromatic nitrogens is 2. The molecule has 12 heavy (non-hydrogen) atoms. The summed E-state index contributed by atoms with van der Waals surface area (Å²) in [5.74, 6) is 0.814. The quantitative estimate of drug-likeness (QED) is 0.687. The van der Waals surface area contributed by atoms with E-state index in [-0.39, 0.29) is 6.23 Å². The molecule has 2 heterocycles. The van der Waals surface area contributed by atoms with E-state index in [4.69, 9.17) is 4.74 Å². The summed E-state index contributed by atoms with van der Waals surface area (Å²) in [7, 11) is 0. The van der Waals surface area contributed by atoms with Gasteiger partial charge in [-0.25, -0.2) is 0 Å². The predicted octanol–water partition coefficient (Wildman–Crippen LogP) is 0.888. The molecular formula is C8H13N3O. The molecule has 1 aromatic rings. The molecule has 4 heteroatoms. The van der Waals surface area contributed by atoms with Gasteiger partial charge in [0.15, 0.2) is 5.75 Å². The Hall–Kier alpha value is -1.03. The zero-order chi connectivity index (χ0) is 8.23. The molecule has 1 aliphatic rings. The maximum absolute atomic E-state index is 5.59. The number of H-pyrrole nitrogens is 1. The molecule has 1 unspecified atom stereocenters. The normalized spacial score (nSPS) is 23.8. The Morgan fingerprint density at radius 2 is 2.50 bits per heavy atom. The lowest BCUT2D eigenvalue weighted by atomic mass is 10.1. The van der Waals surface area contributed by atoms with Crippen LogP contribution in [0.15, 0.2) is 12.4 Å². The van der Waals surface area contributed by atoms with Gasteiger partial charge in [-0.3, -0.25) is 10.4 Å². The van der Waals surface area contributed by atoms with Crippen molar-refractivity contribution in [1.29, 1.82) is 0 Å². The van der Waals surface area contributed by atoms with Crippen LogP contribution in [0.4, 0.5) is 0 Å². The zero-order valence-electron chi connectivity index (χ0n) is 6.92. The average Bonchev–Trinajstić information content (AvgIpc) is 2.59. The first kappa shape index (κ1) is 7.61. The SMILES string of the molecule is c1n[nH]cc1OC1CCCCN1. The number of piperidine rings is 1. The van der Waals surface area contributed by atoms with Crippen molar-refractivity contribution >= 4 is 0 Å². The fourth-order valence-corrected chi connectivity index (χ4v) is 1.39. The summed E-state index contributed by atoms with van der Waals surface area (Å²) >= 11 is 0. The fourth-order valence-electron chi connectivity index (χ4n) is 1.39. The monoisotopic (exact) mass is 167 g/mol. The van der Waals surface area contributed by atoms with Crippen LogP contribution in [0.3, 0.4) is 0 Å². The molecule has 2 rings (SSSR count). The topological polar surface area (TPSA) is 49.9 Å². The van der Waals surface area contributed by atoms with Crippen molar-refractivity contribution in [1.82, 2.24) is 15.5 Å². The van der Waals surface area contributed by atoms with Crippen molar-refractivity contribution in [2.75, 3.05) is 6.54 Å². The third kappa shape index (κ3) is 1.76. The summed E-state index contributed by atoms with van der Waals surface area (Å²) in [5.41, 5.74) is 0. The number of hydrogen-bond donors (Lipinski definition) is 2. The van der Waals surface area contributed by atoms with Gasteiger partial charge >= 0.3 is 0 Å². The van der Waals surface area contributed by atoms with Gasteiger partial charge in [-0.15, -0.1) is 0 Å². The van der Waals surface area contributed by atoms with Crippen LogP contribution in [0.2, 0.25) is 0 Å². The molecule has 0 aliphatic carbocycles. The summed E-state index contributed by atoms with van der Waals surface area (Å²) in [6, 6.07) is 0. The molecule has 1 aliphatic heterocycles. The number of rotatable bonds is 2. The Labute approximate surface area is 71.3 Å². The summed E-state index contributed by atoms with van der Waals surface area (Å²) in [6.45, 7) is 1.06. The zero-order valence-corrected chi connectivity index (χ0v) is 6.92. The highest BCUT2D eigenvalue weighted by atomic mass is 16.5. The minimum Gasteiger partial charge on any atom is -0.472 e. The van der Waals surface area contributed by atoms with Crippen LogP contribution in [0, 0.1) is 0 Å². The van der Waals surface area contributed by atoms with E-state index in [1.807, 2.05) is 0 Å². The van der Waals surface area contributed by atoms with E-state index in [0.717, 1.165) is 18.7 Å². The van der Waals surface area contributed by atoms with E-state index in [0.29, 0.717) is 0 Å². The maximum Gasteiger partial charge on any atom is 0.159 e. The first-order valence-electron chi connectivity index (χ1n) is 4.34. The summed E-state index contributed by atoms with van der Waals surface area (Å²) in [6.07, 6.45) is 7.22. The van der Waals surface area contributed by atoms with Crippen LogP contribution < -0.4 is 10.1 Å². The third-order valence-electron chi connectivity index (χ3n) is 2.02. The molecule has 0 aromatic carbocycles. The Morgan fingerprint density at radius 3 is 3.17 bits per heavy atom. The molecular weight excluding hydrogens is 154 g/mol. The summed E-state index contributed by atoms with van der Waals surface area (Å²) < 4.78 is 5.59. The highest BCUT2D eigenvalue weighted by Gasteiger charge is 2.13. The van der Waals surface area contributed by atoms with Crippen molar-refractivity contribution < 1.29 is 4.74 Å². The third-order valence-corrected chi connectivity index (χ3v) is 2.02. The molecule has 1 saturated heterocycles. The second-order valence-electron chi connectivity index (χ2n) is 2.99. The fraction of sp³-hybridized carbons (Fsp3) is 0.625. The first-order valence-corrected chi connectivity index (χ1v) is 4.34. The minimum absolute atomic E-state index is 0.177. The van der Waals surface area contributed by atoms with Crippen LogP contribution in [-0.2, 0) is 0 Å². The number of aromatic amines is 1. The number of ether oxygens (including phenoxy) is 1. The average molecular weight is 167 g/mol. The Bertz CT molecular complexity index is 216. The van der Waals surface area contributed by atoms with Gasteiger partial charge in [0.25, 0.3) is 0 Å². The molecule has 0 radical (unpaired) electrons. The van der Waals surface area contributed by atoms with Crippen molar-refractivity contribution in [3.8, 4) is 5.75 Å². The number of nitrogens with zero attached hydrogens (tertiary/aromatic N) is 1. The van der Waals surface area contributed by atoms with E-state index < -0.39 is 0 Å². The molecule has 2 N–H and O–H groups in total. The molecule has 0 spiro atoms. The lowest BCUT2D eigenvalue weighted by molar-refractivity contribution is 0.132. The number of nitrogens with one attached hydrogen (secondary N) is 2. The largest absolute Gasteiger partial charge is 0.472 e. The van der Waals surface area contributed by atoms with E-state index in [1.165, 1.54) is 12.8 Å². The first-order chi connectivity index (χ1) is 5.95. The van der Waals surface area contributed by atoms with Gasteiger partial charge in [0.05, 0.1) is 12.4 Å². The van der Waals surface area contributed by atoms with E-state index in [2.05, 4.69) is 15.5 Å². The lowest BCUT2D eigenvalue weighted by Crippen LogP contribution is -2.38. The second-order valence-corrected chi connectivity index (χ2v) is 2.99. The molecule has 0 bridgehead atoms. The molecule has 1 fully saturated rings. The van der Waals surface area contributed by atoms with Gasteiger partial charge in [-0.1, -0.05) is 0 Å². The molecule has 1 aromatic heterocycles. The van der Waals surface area contributed by atoms with Gasteiger partial charge in [-0.05, 0) is 25.8 Å². The number of hydrogen-bond acceptors (Lipinski definition) is 3. The Balaban J connectivity index is 1.86.